The fourth-order valence-electron chi connectivity index (χ4n) is 2.73. The molecule has 1 atom stereocenters. The van der Waals surface area contributed by atoms with E-state index in [-0.39, 0.29) is 5.91 Å². The maximum atomic E-state index is 11.7. The Morgan fingerprint density at radius 3 is 2.59 bits per heavy atom. The van der Waals surface area contributed by atoms with Crippen molar-refractivity contribution in [3.8, 4) is 0 Å². The van der Waals surface area contributed by atoms with Crippen molar-refractivity contribution in [2.24, 2.45) is 17.6 Å². The van der Waals surface area contributed by atoms with Gasteiger partial charge in [-0.25, -0.2) is 0 Å². The Kier molecular flexibility index (Phi) is 6.56. The lowest BCUT2D eigenvalue weighted by Gasteiger charge is -2.33. The molecule has 3 heteroatoms. The van der Waals surface area contributed by atoms with E-state index in [1.165, 1.54) is 12.8 Å². The van der Waals surface area contributed by atoms with Crippen molar-refractivity contribution in [2.45, 2.75) is 64.8 Å². The minimum Gasteiger partial charge on any atom is -0.353 e. The summed E-state index contributed by atoms with van der Waals surface area (Å²) < 4.78 is 0. The van der Waals surface area contributed by atoms with Crippen LogP contribution in [-0.4, -0.2) is 18.5 Å². The summed E-state index contributed by atoms with van der Waals surface area (Å²) in [6.45, 7) is 5.17. The molecule has 1 unspecified atom stereocenters. The first kappa shape index (κ1) is 14.5. The summed E-state index contributed by atoms with van der Waals surface area (Å²) in [5.74, 6) is 1.67. The molecule has 1 amide bonds. The number of hydrogen-bond donors (Lipinski definition) is 2. The summed E-state index contributed by atoms with van der Waals surface area (Å²) in [5.41, 5.74) is 5.59. The number of rotatable bonds is 8. The molecule has 0 aliphatic heterocycles. The van der Waals surface area contributed by atoms with Gasteiger partial charge in [-0.15, -0.1) is 0 Å². The number of amides is 1. The van der Waals surface area contributed by atoms with Crippen molar-refractivity contribution >= 4 is 5.91 Å². The average molecular weight is 240 g/mol. The van der Waals surface area contributed by atoms with Gasteiger partial charge in [0.2, 0.25) is 5.91 Å². The lowest BCUT2D eigenvalue weighted by molar-refractivity contribution is -0.122. The third-order valence-electron chi connectivity index (χ3n) is 3.79. The summed E-state index contributed by atoms with van der Waals surface area (Å²) in [6.07, 6.45) is 7.44. The van der Waals surface area contributed by atoms with Crippen LogP contribution in [0.1, 0.15) is 58.8 Å². The average Bonchev–Trinajstić information content (AvgIpc) is 2.24. The fourth-order valence-corrected chi connectivity index (χ4v) is 2.73. The van der Waals surface area contributed by atoms with Crippen molar-refractivity contribution in [2.75, 3.05) is 6.54 Å². The van der Waals surface area contributed by atoms with E-state index in [2.05, 4.69) is 19.2 Å². The monoisotopic (exact) mass is 240 g/mol. The predicted molar refractivity (Wildman–Crippen MR) is 71.6 cm³/mol. The minimum atomic E-state index is 0.236. The Balaban J connectivity index is 2.12. The number of carbonyl (C=O) groups excluding carboxylic acids is 1. The first-order valence-electron chi connectivity index (χ1n) is 7.15. The van der Waals surface area contributed by atoms with Gasteiger partial charge < -0.3 is 11.1 Å². The highest BCUT2D eigenvalue weighted by Crippen LogP contribution is 2.26. The molecule has 0 aromatic rings. The van der Waals surface area contributed by atoms with Crippen LogP contribution < -0.4 is 11.1 Å². The zero-order valence-corrected chi connectivity index (χ0v) is 11.4. The topological polar surface area (TPSA) is 55.1 Å². The third-order valence-corrected chi connectivity index (χ3v) is 3.79. The first-order valence-corrected chi connectivity index (χ1v) is 7.15. The van der Waals surface area contributed by atoms with Crippen molar-refractivity contribution in [1.82, 2.24) is 5.32 Å². The summed E-state index contributed by atoms with van der Waals surface area (Å²) in [6, 6.07) is 0.455. The second-order valence-electron chi connectivity index (χ2n) is 5.61. The molecule has 1 aliphatic rings. The van der Waals surface area contributed by atoms with Gasteiger partial charge in [-0.05, 0) is 44.1 Å². The molecule has 1 fully saturated rings. The van der Waals surface area contributed by atoms with E-state index in [4.69, 9.17) is 5.73 Å². The lowest BCUT2D eigenvalue weighted by Crippen LogP contribution is -2.43. The van der Waals surface area contributed by atoms with Gasteiger partial charge in [0.25, 0.3) is 0 Å². The van der Waals surface area contributed by atoms with E-state index in [1.807, 2.05) is 0 Å². The molecule has 3 N–H and O–H groups in total. The maximum Gasteiger partial charge on any atom is 0.220 e. The second-order valence-corrected chi connectivity index (χ2v) is 5.61. The van der Waals surface area contributed by atoms with Crippen molar-refractivity contribution in [1.29, 1.82) is 0 Å². The molecule has 0 aromatic carbocycles. The van der Waals surface area contributed by atoms with Gasteiger partial charge in [-0.3, -0.25) is 4.79 Å². The van der Waals surface area contributed by atoms with E-state index < -0.39 is 0 Å². The van der Waals surface area contributed by atoms with Crippen LogP contribution in [0.15, 0.2) is 0 Å². The van der Waals surface area contributed by atoms with Crippen LogP contribution in [0.5, 0.6) is 0 Å². The SMILES string of the molecule is CCCC(CCN)CCC(=O)NC1CC(C)C1. The Morgan fingerprint density at radius 1 is 1.35 bits per heavy atom. The fraction of sp³-hybridized carbons (Fsp3) is 0.929. The smallest absolute Gasteiger partial charge is 0.220 e. The third kappa shape index (κ3) is 5.53. The van der Waals surface area contributed by atoms with E-state index in [0.717, 1.165) is 38.1 Å². The molecule has 1 rings (SSSR count). The molecule has 1 aliphatic carbocycles. The molecular formula is C14H28N2O. The van der Waals surface area contributed by atoms with Gasteiger partial charge in [0.05, 0.1) is 0 Å². The molecule has 0 heterocycles. The van der Waals surface area contributed by atoms with Gasteiger partial charge in [0, 0.05) is 12.5 Å². The lowest BCUT2D eigenvalue weighted by atomic mass is 9.82. The van der Waals surface area contributed by atoms with Crippen molar-refractivity contribution in [3.63, 3.8) is 0 Å². The van der Waals surface area contributed by atoms with E-state index in [0.29, 0.717) is 18.4 Å². The normalized spacial score (nSPS) is 25.1. The standard InChI is InChI=1S/C14H28N2O/c1-3-4-12(7-8-15)5-6-14(17)16-13-9-11(2)10-13/h11-13H,3-10,15H2,1-2H3,(H,16,17). The Bertz CT molecular complexity index is 218. The van der Waals surface area contributed by atoms with Gasteiger partial charge >= 0.3 is 0 Å². The largest absolute Gasteiger partial charge is 0.353 e. The molecule has 3 nitrogen and oxygen atoms in total. The highest BCUT2D eigenvalue weighted by Gasteiger charge is 2.26. The number of carbonyl (C=O) groups is 1. The molecule has 0 aromatic heterocycles. The predicted octanol–water partition coefficient (Wildman–Crippen LogP) is 2.45. The van der Waals surface area contributed by atoms with Gasteiger partial charge in [0.1, 0.15) is 0 Å². The summed E-state index contributed by atoms with van der Waals surface area (Å²) in [5, 5.41) is 3.12. The van der Waals surface area contributed by atoms with E-state index >= 15 is 0 Å². The Labute approximate surface area is 106 Å². The highest BCUT2D eigenvalue weighted by molar-refractivity contribution is 5.76. The number of nitrogens with two attached hydrogens (primary N) is 1. The molecule has 100 valence electrons. The first-order chi connectivity index (χ1) is 8.15. The van der Waals surface area contributed by atoms with Gasteiger partial charge in [0.15, 0.2) is 0 Å². The highest BCUT2D eigenvalue weighted by atomic mass is 16.1. The molecule has 0 saturated heterocycles. The van der Waals surface area contributed by atoms with Crippen LogP contribution in [-0.2, 0) is 4.79 Å². The molecule has 0 radical (unpaired) electrons. The molecule has 1 saturated carbocycles. The Morgan fingerprint density at radius 2 is 2.06 bits per heavy atom. The van der Waals surface area contributed by atoms with Gasteiger partial charge in [-0.2, -0.15) is 0 Å². The zero-order chi connectivity index (χ0) is 12.7. The van der Waals surface area contributed by atoms with Crippen LogP contribution >= 0.6 is 0 Å². The quantitative estimate of drug-likeness (QED) is 0.684. The van der Waals surface area contributed by atoms with Crippen molar-refractivity contribution < 1.29 is 4.79 Å². The molecule has 0 spiro atoms. The summed E-state index contributed by atoms with van der Waals surface area (Å²) in [4.78, 5) is 11.7. The van der Waals surface area contributed by atoms with E-state index in [9.17, 15) is 4.79 Å². The van der Waals surface area contributed by atoms with Crippen LogP contribution in [0.3, 0.4) is 0 Å². The van der Waals surface area contributed by atoms with Crippen LogP contribution in [0, 0.1) is 11.8 Å². The van der Waals surface area contributed by atoms with Crippen molar-refractivity contribution in [3.05, 3.63) is 0 Å². The Hall–Kier alpha value is -0.570. The zero-order valence-electron chi connectivity index (χ0n) is 11.4. The maximum absolute atomic E-state index is 11.7. The number of nitrogens with one attached hydrogen (secondary N) is 1. The van der Waals surface area contributed by atoms with Crippen LogP contribution in [0.4, 0.5) is 0 Å². The van der Waals surface area contributed by atoms with E-state index in [1.54, 1.807) is 0 Å². The minimum absolute atomic E-state index is 0.236. The summed E-state index contributed by atoms with van der Waals surface area (Å²) >= 11 is 0. The summed E-state index contributed by atoms with van der Waals surface area (Å²) in [7, 11) is 0. The van der Waals surface area contributed by atoms with Crippen LogP contribution in [0.25, 0.3) is 0 Å². The second kappa shape index (κ2) is 7.70. The molecular weight excluding hydrogens is 212 g/mol. The van der Waals surface area contributed by atoms with Crippen LogP contribution in [0.2, 0.25) is 0 Å². The molecule has 0 bridgehead atoms. The van der Waals surface area contributed by atoms with Gasteiger partial charge in [-0.1, -0.05) is 26.7 Å². The number of hydrogen-bond acceptors (Lipinski definition) is 2. The molecule has 17 heavy (non-hydrogen) atoms.